The molecule has 0 spiro atoms. The number of benzene rings is 2. The Morgan fingerprint density at radius 2 is 1.59 bits per heavy atom. The Morgan fingerprint density at radius 3 is 2.26 bits per heavy atom. The van der Waals surface area contributed by atoms with Gasteiger partial charge < -0.3 is 4.90 Å². The molecule has 2 unspecified atom stereocenters. The minimum atomic E-state index is 0.384. The van der Waals surface area contributed by atoms with Crippen molar-refractivity contribution in [2.24, 2.45) is 0 Å². The molecule has 27 heavy (non-hydrogen) atoms. The Hall–Kier alpha value is -1.31. The van der Waals surface area contributed by atoms with E-state index in [2.05, 4.69) is 66.4 Å². The molecular formula is C25H34ClN. The molecule has 1 fully saturated rings. The number of nitrogens with zero attached hydrogens (tertiary/aromatic N) is 1. The average molecular weight is 384 g/mol. The van der Waals surface area contributed by atoms with Gasteiger partial charge in [0.1, 0.15) is 0 Å². The van der Waals surface area contributed by atoms with Crippen molar-refractivity contribution >= 4 is 11.6 Å². The fourth-order valence-electron chi connectivity index (χ4n) is 4.28. The molecule has 2 aromatic carbocycles. The molecule has 2 heteroatoms. The van der Waals surface area contributed by atoms with E-state index in [4.69, 9.17) is 11.6 Å². The molecule has 0 N–H and O–H groups in total. The maximum Gasteiger partial charge on any atom is 0.0342 e. The number of halogens is 1. The minimum absolute atomic E-state index is 0.384. The van der Waals surface area contributed by atoms with Crippen molar-refractivity contribution in [1.29, 1.82) is 0 Å². The van der Waals surface area contributed by atoms with E-state index >= 15 is 0 Å². The first-order chi connectivity index (χ1) is 13.2. The third-order valence-electron chi connectivity index (χ3n) is 5.86. The molecule has 3 rings (SSSR count). The smallest absolute Gasteiger partial charge is 0.0342 e. The van der Waals surface area contributed by atoms with Crippen LogP contribution in [0.3, 0.4) is 0 Å². The summed E-state index contributed by atoms with van der Waals surface area (Å²) in [4.78, 5) is 2.63. The Kier molecular flexibility index (Phi) is 8.23. The first-order valence-corrected chi connectivity index (χ1v) is 11.2. The zero-order valence-corrected chi connectivity index (χ0v) is 17.5. The molecule has 0 radical (unpaired) electrons. The molecule has 1 aliphatic rings. The summed E-state index contributed by atoms with van der Waals surface area (Å²) in [7, 11) is 0. The van der Waals surface area contributed by atoms with Gasteiger partial charge in [-0.15, -0.1) is 11.6 Å². The van der Waals surface area contributed by atoms with E-state index in [0.717, 1.165) is 19.4 Å². The lowest BCUT2D eigenvalue weighted by molar-refractivity contribution is 0.274. The van der Waals surface area contributed by atoms with Crippen LogP contribution in [0.4, 0.5) is 0 Å². The van der Waals surface area contributed by atoms with Crippen molar-refractivity contribution in [1.82, 2.24) is 4.90 Å². The molecule has 0 aliphatic heterocycles. The van der Waals surface area contributed by atoms with Crippen molar-refractivity contribution in [2.75, 3.05) is 19.6 Å². The molecule has 2 atom stereocenters. The van der Waals surface area contributed by atoms with Crippen LogP contribution in [-0.4, -0.2) is 29.9 Å². The van der Waals surface area contributed by atoms with Gasteiger partial charge in [-0.3, -0.25) is 0 Å². The van der Waals surface area contributed by atoms with Crippen LogP contribution in [-0.2, 0) is 12.8 Å². The van der Waals surface area contributed by atoms with Crippen molar-refractivity contribution in [3.63, 3.8) is 0 Å². The Bertz CT molecular complexity index is 652. The summed E-state index contributed by atoms with van der Waals surface area (Å²) < 4.78 is 0. The van der Waals surface area contributed by atoms with Gasteiger partial charge in [0.05, 0.1) is 0 Å². The number of aryl methyl sites for hydroxylation is 1. The lowest BCUT2D eigenvalue weighted by Crippen LogP contribution is -2.28. The monoisotopic (exact) mass is 383 g/mol. The zero-order valence-electron chi connectivity index (χ0n) is 16.7. The van der Waals surface area contributed by atoms with E-state index in [1.54, 1.807) is 0 Å². The number of hydrogen-bond donors (Lipinski definition) is 0. The molecule has 0 amide bonds. The van der Waals surface area contributed by atoms with Crippen LogP contribution in [0.1, 0.15) is 61.6 Å². The molecular weight excluding hydrogens is 350 g/mol. The molecule has 2 aromatic rings. The first kappa shape index (κ1) is 20.4. The Balaban J connectivity index is 1.42. The zero-order chi connectivity index (χ0) is 18.9. The maximum atomic E-state index is 6.27. The molecule has 0 heterocycles. The van der Waals surface area contributed by atoms with Gasteiger partial charge in [-0.1, -0.05) is 61.5 Å². The van der Waals surface area contributed by atoms with Gasteiger partial charge in [0.2, 0.25) is 0 Å². The second kappa shape index (κ2) is 10.9. The highest BCUT2D eigenvalue weighted by Gasteiger charge is 2.23. The number of hydrogen-bond acceptors (Lipinski definition) is 1. The third kappa shape index (κ3) is 6.66. The summed E-state index contributed by atoms with van der Waals surface area (Å²) in [5.74, 6) is 0.680. The SMILES string of the molecule is CCCN(CCCc1ccc(C2CCC(Cl)C2)cc1)CCc1ccccc1. The van der Waals surface area contributed by atoms with Gasteiger partial charge in [0, 0.05) is 11.9 Å². The van der Waals surface area contributed by atoms with E-state index in [0.29, 0.717) is 11.3 Å². The molecule has 1 saturated carbocycles. The number of rotatable bonds is 10. The van der Waals surface area contributed by atoms with Crippen LogP contribution in [0.25, 0.3) is 0 Å². The molecule has 0 bridgehead atoms. The van der Waals surface area contributed by atoms with Crippen molar-refractivity contribution < 1.29 is 0 Å². The molecule has 0 aromatic heterocycles. The summed E-state index contributed by atoms with van der Waals surface area (Å²) in [5, 5.41) is 0.384. The van der Waals surface area contributed by atoms with Gasteiger partial charge in [0.25, 0.3) is 0 Å². The van der Waals surface area contributed by atoms with Gasteiger partial charge in [-0.25, -0.2) is 0 Å². The van der Waals surface area contributed by atoms with Crippen molar-refractivity contribution in [3.8, 4) is 0 Å². The fraction of sp³-hybridized carbons (Fsp3) is 0.520. The Morgan fingerprint density at radius 1 is 0.852 bits per heavy atom. The highest BCUT2D eigenvalue weighted by Crippen LogP contribution is 2.37. The van der Waals surface area contributed by atoms with Gasteiger partial charge in [-0.2, -0.15) is 0 Å². The first-order valence-electron chi connectivity index (χ1n) is 10.7. The van der Waals surface area contributed by atoms with Crippen LogP contribution in [0, 0.1) is 0 Å². The van der Waals surface area contributed by atoms with Crippen LogP contribution in [0.5, 0.6) is 0 Å². The van der Waals surface area contributed by atoms with Crippen molar-refractivity contribution in [3.05, 3.63) is 71.3 Å². The van der Waals surface area contributed by atoms with Crippen LogP contribution in [0.2, 0.25) is 0 Å². The van der Waals surface area contributed by atoms with E-state index < -0.39 is 0 Å². The lowest BCUT2D eigenvalue weighted by Gasteiger charge is -2.21. The van der Waals surface area contributed by atoms with Gasteiger partial charge in [-0.05, 0) is 80.6 Å². The van der Waals surface area contributed by atoms with Gasteiger partial charge in [0.15, 0.2) is 0 Å². The highest BCUT2D eigenvalue weighted by atomic mass is 35.5. The lowest BCUT2D eigenvalue weighted by atomic mass is 9.96. The largest absolute Gasteiger partial charge is 0.303 e. The summed E-state index contributed by atoms with van der Waals surface area (Å²) >= 11 is 6.27. The second-order valence-corrected chi connectivity index (χ2v) is 8.65. The predicted molar refractivity (Wildman–Crippen MR) is 118 cm³/mol. The van der Waals surface area contributed by atoms with Crippen LogP contribution >= 0.6 is 11.6 Å². The summed E-state index contributed by atoms with van der Waals surface area (Å²) in [6, 6.07) is 20.2. The topological polar surface area (TPSA) is 3.24 Å². The predicted octanol–water partition coefficient (Wildman–Crippen LogP) is 6.45. The second-order valence-electron chi connectivity index (χ2n) is 8.03. The molecule has 0 saturated heterocycles. The van der Waals surface area contributed by atoms with Crippen molar-refractivity contribution in [2.45, 2.75) is 63.2 Å². The van der Waals surface area contributed by atoms with Crippen LogP contribution < -0.4 is 0 Å². The third-order valence-corrected chi connectivity index (χ3v) is 6.26. The minimum Gasteiger partial charge on any atom is -0.303 e. The fourth-order valence-corrected chi connectivity index (χ4v) is 4.62. The quantitative estimate of drug-likeness (QED) is 0.426. The van der Waals surface area contributed by atoms with E-state index in [1.165, 1.54) is 61.9 Å². The highest BCUT2D eigenvalue weighted by molar-refractivity contribution is 6.20. The van der Waals surface area contributed by atoms with Gasteiger partial charge >= 0.3 is 0 Å². The molecule has 1 nitrogen and oxygen atoms in total. The Labute approximate surface area is 170 Å². The maximum absolute atomic E-state index is 6.27. The van der Waals surface area contributed by atoms with E-state index in [9.17, 15) is 0 Å². The average Bonchev–Trinajstić information content (AvgIpc) is 3.14. The van der Waals surface area contributed by atoms with Crippen LogP contribution in [0.15, 0.2) is 54.6 Å². The standard InChI is InChI=1S/C25H34ClN/c1-2-17-27(19-16-21-7-4-3-5-8-21)18-6-9-22-10-12-23(13-11-22)24-14-15-25(26)20-24/h3-5,7-8,10-13,24-25H,2,6,9,14-20H2,1H3. The normalized spacial score (nSPS) is 19.7. The summed E-state index contributed by atoms with van der Waals surface area (Å²) in [5.41, 5.74) is 4.40. The number of alkyl halides is 1. The van der Waals surface area contributed by atoms with E-state index in [-0.39, 0.29) is 0 Å². The van der Waals surface area contributed by atoms with E-state index in [1.807, 2.05) is 0 Å². The molecule has 1 aliphatic carbocycles. The summed E-state index contributed by atoms with van der Waals surface area (Å²) in [6.45, 7) is 5.84. The molecule has 146 valence electrons. The summed E-state index contributed by atoms with van der Waals surface area (Å²) in [6.07, 6.45) is 8.36.